The normalized spacial score (nSPS) is 22.2. The lowest BCUT2D eigenvalue weighted by atomic mass is 9.99. The predicted molar refractivity (Wildman–Crippen MR) is 136 cm³/mol. The SMILES string of the molecule is C[C@H](CO)N1C[C@H](C)[C@@H](CN(C)Cc2ccncc2)Oc2ncc(C#CC3(O)CCCC3)cc2C1=O. The summed E-state index contributed by atoms with van der Waals surface area (Å²) in [6.45, 7) is 5.58. The van der Waals surface area contributed by atoms with Crippen LogP contribution in [0.3, 0.4) is 0 Å². The molecule has 1 aliphatic carbocycles. The molecule has 2 aromatic heterocycles. The number of aromatic nitrogens is 2. The molecule has 0 spiro atoms. The molecular weight excluding hydrogens is 456 g/mol. The summed E-state index contributed by atoms with van der Waals surface area (Å²) in [6, 6.07) is 5.32. The van der Waals surface area contributed by atoms with Crippen molar-refractivity contribution in [3.05, 3.63) is 53.5 Å². The summed E-state index contributed by atoms with van der Waals surface area (Å²) < 4.78 is 6.37. The van der Waals surface area contributed by atoms with Gasteiger partial charge in [-0.1, -0.05) is 18.8 Å². The maximum absolute atomic E-state index is 13.6. The van der Waals surface area contributed by atoms with Gasteiger partial charge in [0.05, 0.1) is 12.6 Å². The van der Waals surface area contributed by atoms with Crippen molar-refractivity contribution in [2.45, 2.75) is 63.8 Å². The Labute approximate surface area is 213 Å². The minimum absolute atomic E-state index is 0.00821. The Bertz CT molecular complexity index is 1110. The summed E-state index contributed by atoms with van der Waals surface area (Å²) in [5, 5.41) is 20.5. The minimum Gasteiger partial charge on any atom is -0.472 e. The summed E-state index contributed by atoms with van der Waals surface area (Å²) in [5.74, 6) is 6.05. The molecule has 1 aliphatic heterocycles. The van der Waals surface area contributed by atoms with Gasteiger partial charge in [-0.2, -0.15) is 0 Å². The van der Waals surface area contributed by atoms with E-state index in [2.05, 4.69) is 33.6 Å². The van der Waals surface area contributed by atoms with E-state index >= 15 is 0 Å². The van der Waals surface area contributed by atoms with E-state index in [-0.39, 0.29) is 36.5 Å². The lowest BCUT2D eigenvalue weighted by Gasteiger charge is -2.37. The van der Waals surface area contributed by atoms with Crippen LogP contribution in [0.4, 0.5) is 0 Å². The number of nitrogens with zero attached hydrogens (tertiary/aromatic N) is 4. The first-order chi connectivity index (χ1) is 17.3. The topological polar surface area (TPSA) is 99.0 Å². The Balaban J connectivity index is 1.61. The number of aliphatic hydroxyl groups is 2. The van der Waals surface area contributed by atoms with Crippen molar-refractivity contribution in [3.63, 3.8) is 0 Å². The van der Waals surface area contributed by atoms with E-state index in [1.54, 1.807) is 29.6 Å². The minimum atomic E-state index is -0.970. The molecule has 0 radical (unpaired) electrons. The van der Waals surface area contributed by atoms with Gasteiger partial charge >= 0.3 is 0 Å². The fraction of sp³-hybridized carbons (Fsp3) is 0.536. The van der Waals surface area contributed by atoms with Crippen LogP contribution in [0.1, 0.15) is 61.0 Å². The van der Waals surface area contributed by atoms with E-state index < -0.39 is 5.60 Å². The van der Waals surface area contributed by atoms with Crippen LogP contribution in [0.5, 0.6) is 5.88 Å². The van der Waals surface area contributed by atoms with Crippen LogP contribution in [0.15, 0.2) is 36.8 Å². The van der Waals surface area contributed by atoms with Crippen LogP contribution in [-0.2, 0) is 6.54 Å². The van der Waals surface area contributed by atoms with Gasteiger partial charge in [0, 0.05) is 49.7 Å². The van der Waals surface area contributed by atoms with Crippen molar-refractivity contribution in [3.8, 4) is 17.7 Å². The maximum atomic E-state index is 13.6. The third kappa shape index (κ3) is 6.22. The van der Waals surface area contributed by atoms with E-state index in [0.29, 0.717) is 37.1 Å². The number of ether oxygens (including phenoxy) is 1. The highest BCUT2D eigenvalue weighted by molar-refractivity contribution is 5.97. The molecule has 0 aromatic carbocycles. The molecule has 1 fully saturated rings. The number of hydrogen-bond donors (Lipinski definition) is 2. The monoisotopic (exact) mass is 492 g/mol. The van der Waals surface area contributed by atoms with Gasteiger partial charge in [0.1, 0.15) is 17.3 Å². The zero-order valence-corrected chi connectivity index (χ0v) is 21.4. The van der Waals surface area contributed by atoms with Crippen LogP contribution in [0.2, 0.25) is 0 Å². The fourth-order valence-electron chi connectivity index (χ4n) is 4.83. The van der Waals surface area contributed by atoms with Crippen molar-refractivity contribution in [1.82, 2.24) is 19.8 Å². The number of hydrogen-bond acceptors (Lipinski definition) is 7. The van der Waals surface area contributed by atoms with Crippen LogP contribution in [0.25, 0.3) is 0 Å². The van der Waals surface area contributed by atoms with Crippen LogP contribution < -0.4 is 4.74 Å². The molecule has 3 heterocycles. The zero-order valence-electron chi connectivity index (χ0n) is 21.4. The predicted octanol–water partition coefficient (Wildman–Crippen LogP) is 2.49. The zero-order chi connectivity index (χ0) is 25.7. The van der Waals surface area contributed by atoms with Gasteiger partial charge in [0.2, 0.25) is 5.88 Å². The molecular formula is C28H36N4O4. The molecule has 192 valence electrons. The standard InChI is InChI=1S/C28H36N4O4/c1-20-16-32(21(2)19-33)27(34)24-14-23(6-11-28(35)9-4-5-10-28)15-30-26(24)36-25(20)18-31(3)17-22-7-12-29-13-8-22/h7-8,12-15,20-21,25,33,35H,4-5,9-10,16-19H2,1-3H3/t20-,21+,25+/m0/s1. The Morgan fingerprint density at radius 2 is 2.03 bits per heavy atom. The number of amides is 1. The third-order valence-corrected chi connectivity index (χ3v) is 7.08. The molecule has 36 heavy (non-hydrogen) atoms. The highest BCUT2D eigenvalue weighted by Gasteiger charge is 2.34. The summed E-state index contributed by atoms with van der Waals surface area (Å²) >= 11 is 0. The van der Waals surface area contributed by atoms with E-state index in [1.165, 1.54) is 0 Å². The molecule has 1 amide bonds. The Hall–Kier alpha value is -2.99. The van der Waals surface area contributed by atoms with Gasteiger partial charge in [-0.15, -0.1) is 0 Å². The third-order valence-electron chi connectivity index (χ3n) is 7.08. The summed E-state index contributed by atoms with van der Waals surface area (Å²) in [7, 11) is 2.04. The Morgan fingerprint density at radius 1 is 1.31 bits per heavy atom. The van der Waals surface area contributed by atoms with Crippen molar-refractivity contribution < 1.29 is 19.7 Å². The second-order valence-electron chi connectivity index (χ2n) is 10.2. The molecule has 4 rings (SSSR count). The highest BCUT2D eigenvalue weighted by atomic mass is 16.5. The second-order valence-corrected chi connectivity index (χ2v) is 10.2. The fourth-order valence-corrected chi connectivity index (χ4v) is 4.83. The van der Waals surface area contributed by atoms with Crippen LogP contribution >= 0.6 is 0 Å². The Morgan fingerprint density at radius 3 is 2.72 bits per heavy atom. The first kappa shape index (κ1) is 26.1. The number of fused-ring (bicyclic) bond motifs is 1. The van der Waals surface area contributed by atoms with Crippen LogP contribution in [0, 0.1) is 17.8 Å². The average molecular weight is 493 g/mol. The van der Waals surface area contributed by atoms with Gasteiger partial charge in [-0.25, -0.2) is 4.98 Å². The lowest BCUT2D eigenvalue weighted by Crippen LogP contribution is -2.49. The van der Waals surface area contributed by atoms with E-state index in [1.807, 2.05) is 26.1 Å². The highest BCUT2D eigenvalue weighted by Crippen LogP contribution is 2.30. The summed E-state index contributed by atoms with van der Waals surface area (Å²) in [6.07, 6.45) is 8.19. The largest absolute Gasteiger partial charge is 0.472 e. The Kier molecular flexibility index (Phi) is 8.24. The van der Waals surface area contributed by atoms with E-state index in [4.69, 9.17) is 4.74 Å². The smallest absolute Gasteiger partial charge is 0.259 e. The maximum Gasteiger partial charge on any atom is 0.259 e. The number of rotatable bonds is 6. The summed E-state index contributed by atoms with van der Waals surface area (Å²) in [4.78, 5) is 26.0. The van der Waals surface area contributed by atoms with Crippen molar-refractivity contribution in [1.29, 1.82) is 0 Å². The molecule has 1 saturated carbocycles. The van der Waals surface area contributed by atoms with E-state index in [0.717, 1.165) is 24.9 Å². The number of aliphatic hydroxyl groups excluding tert-OH is 1. The summed E-state index contributed by atoms with van der Waals surface area (Å²) in [5.41, 5.74) is 1.07. The first-order valence-corrected chi connectivity index (χ1v) is 12.7. The van der Waals surface area contributed by atoms with Gasteiger partial charge in [0.15, 0.2) is 0 Å². The quantitative estimate of drug-likeness (QED) is 0.598. The average Bonchev–Trinajstić information content (AvgIpc) is 3.31. The number of pyridine rings is 2. The molecule has 0 saturated heterocycles. The van der Waals surface area contributed by atoms with Crippen molar-refractivity contribution in [2.75, 3.05) is 26.7 Å². The van der Waals surface area contributed by atoms with Crippen molar-refractivity contribution in [2.24, 2.45) is 5.92 Å². The second kappa shape index (κ2) is 11.4. The van der Waals surface area contributed by atoms with Gasteiger partial charge in [-0.05, 0) is 63.4 Å². The van der Waals surface area contributed by atoms with Crippen LogP contribution in [-0.4, -0.2) is 80.4 Å². The van der Waals surface area contributed by atoms with Gasteiger partial charge in [-0.3, -0.25) is 14.7 Å². The molecule has 8 nitrogen and oxygen atoms in total. The molecule has 2 N–H and O–H groups in total. The van der Waals surface area contributed by atoms with Gasteiger partial charge < -0.3 is 19.8 Å². The van der Waals surface area contributed by atoms with Gasteiger partial charge in [0.25, 0.3) is 5.91 Å². The molecule has 8 heteroatoms. The molecule has 0 bridgehead atoms. The van der Waals surface area contributed by atoms with E-state index in [9.17, 15) is 15.0 Å². The van der Waals surface area contributed by atoms with Crippen molar-refractivity contribution >= 4 is 5.91 Å². The first-order valence-electron chi connectivity index (χ1n) is 12.7. The molecule has 3 atom stereocenters. The molecule has 2 aromatic rings. The number of likely N-dealkylation sites (N-methyl/N-ethyl adjacent to an activating group) is 1. The lowest BCUT2D eigenvalue weighted by molar-refractivity contribution is 0.0325. The molecule has 0 unspecified atom stereocenters. The number of carbonyl (C=O) groups is 1. The molecule has 2 aliphatic rings. The number of carbonyl (C=O) groups excluding carboxylic acids is 1.